The number of rotatable bonds is 2. The Bertz CT molecular complexity index is 628. The maximum Gasteiger partial charge on any atom is 0.250 e. The summed E-state index contributed by atoms with van der Waals surface area (Å²) in [4.78, 5) is 11.3. The minimum absolute atomic E-state index is 0.0133. The first-order chi connectivity index (χ1) is 8.65. The van der Waals surface area contributed by atoms with Crippen LogP contribution in [-0.4, -0.2) is 10.6 Å². The molecular weight excluding hydrogens is 224 g/mol. The van der Waals surface area contributed by atoms with Gasteiger partial charge in [-0.15, -0.1) is 0 Å². The van der Waals surface area contributed by atoms with E-state index in [-0.39, 0.29) is 5.56 Å². The van der Waals surface area contributed by atoms with Crippen molar-refractivity contribution in [3.8, 4) is 11.1 Å². The van der Waals surface area contributed by atoms with Crippen LogP contribution in [0.25, 0.3) is 11.1 Å². The summed E-state index contributed by atoms with van der Waals surface area (Å²) in [6, 6.07) is 12.3. The molecule has 1 fully saturated rings. The van der Waals surface area contributed by atoms with E-state index in [0.717, 1.165) is 17.5 Å². The van der Waals surface area contributed by atoms with Crippen LogP contribution in [0.15, 0.2) is 47.4 Å². The van der Waals surface area contributed by atoms with E-state index in [1.807, 2.05) is 12.3 Å². The molecule has 0 bridgehead atoms. The second-order valence-electron chi connectivity index (χ2n) is 4.99. The van der Waals surface area contributed by atoms with Gasteiger partial charge >= 0.3 is 0 Å². The van der Waals surface area contributed by atoms with Crippen LogP contribution in [0.5, 0.6) is 0 Å². The number of benzene rings is 1. The molecule has 2 unspecified atom stereocenters. The molecule has 3 heteroatoms. The van der Waals surface area contributed by atoms with Crippen molar-refractivity contribution in [1.82, 2.24) is 4.57 Å². The second-order valence-corrected chi connectivity index (χ2v) is 4.99. The molecule has 2 N–H and O–H groups in total. The van der Waals surface area contributed by atoms with Crippen LogP contribution in [0.4, 0.5) is 0 Å². The number of aromatic nitrogens is 1. The van der Waals surface area contributed by atoms with E-state index in [4.69, 9.17) is 5.73 Å². The van der Waals surface area contributed by atoms with Gasteiger partial charge in [0, 0.05) is 31.3 Å². The maximum atomic E-state index is 11.3. The molecule has 0 saturated heterocycles. The molecule has 1 aromatic carbocycles. The van der Waals surface area contributed by atoms with Gasteiger partial charge in [-0.1, -0.05) is 24.3 Å². The number of nitrogens with two attached hydrogens (primary N) is 1. The van der Waals surface area contributed by atoms with Gasteiger partial charge in [0.25, 0.3) is 0 Å². The monoisotopic (exact) mass is 240 g/mol. The molecular formula is C15H16N2O. The highest BCUT2D eigenvalue weighted by Gasteiger charge is 2.34. The van der Waals surface area contributed by atoms with E-state index in [9.17, 15) is 4.79 Å². The molecule has 0 radical (unpaired) electrons. The quantitative estimate of drug-likeness (QED) is 0.871. The fourth-order valence-electron chi connectivity index (χ4n) is 2.29. The highest BCUT2D eigenvalue weighted by molar-refractivity contribution is 5.62. The Hall–Kier alpha value is -1.87. The lowest BCUT2D eigenvalue weighted by molar-refractivity contribution is 0.862. The van der Waals surface area contributed by atoms with Crippen LogP contribution < -0.4 is 11.3 Å². The predicted octanol–water partition coefficient (Wildman–Crippen LogP) is 1.87. The van der Waals surface area contributed by atoms with E-state index in [1.165, 1.54) is 5.56 Å². The van der Waals surface area contributed by atoms with E-state index >= 15 is 0 Å². The average molecular weight is 240 g/mol. The highest BCUT2D eigenvalue weighted by atomic mass is 16.1. The molecule has 3 nitrogen and oxygen atoms in total. The molecule has 0 spiro atoms. The zero-order valence-electron chi connectivity index (χ0n) is 10.3. The fraction of sp³-hybridized carbons (Fsp3) is 0.267. The minimum atomic E-state index is 0.0133. The Labute approximate surface area is 106 Å². The lowest BCUT2D eigenvalue weighted by Crippen LogP contribution is -2.13. The molecule has 18 heavy (non-hydrogen) atoms. The molecule has 1 aromatic heterocycles. The van der Waals surface area contributed by atoms with Crippen molar-refractivity contribution in [1.29, 1.82) is 0 Å². The second kappa shape index (κ2) is 4.10. The zero-order valence-corrected chi connectivity index (χ0v) is 10.3. The zero-order chi connectivity index (χ0) is 12.7. The molecule has 2 aromatic rings. The molecule has 1 aliphatic rings. The topological polar surface area (TPSA) is 48.0 Å². The van der Waals surface area contributed by atoms with Crippen LogP contribution in [0.2, 0.25) is 0 Å². The van der Waals surface area contributed by atoms with E-state index in [2.05, 4.69) is 24.3 Å². The SMILES string of the molecule is Cn1cc(-c2ccc(C3CC3N)cc2)ccc1=O. The number of aryl methyl sites for hydroxylation is 1. The molecule has 2 atom stereocenters. The van der Waals surface area contributed by atoms with Gasteiger partial charge in [-0.2, -0.15) is 0 Å². The third-order valence-electron chi connectivity index (χ3n) is 3.60. The number of hydrogen-bond acceptors (Lipinski definition) is 2. The third kappa shape index (κ3) is 1.97. The van der Waals surface area contributed by atoms with Crippen molar-refractivity contribution in [2.75, 3.05) is 0 Å². The summed E-state index contributed by atoms with van der Waals surface area (Å²) in [6.07, 6.45) is 2.96. The van der Waals surface area contributed by atoms with Crippen molar-refractivity contribution >= 4 is 0 Å². The van der Waals surface area contributed by atoms with Gasteiger partial charge in [0.15, 0.2) is 0 Å². The first-order valence-corrected chi connectivity index (χ1v) is 6.18. The predicted molar refractivity (Wildman–Crippen MR) is 72.5 cm³/mol. The van der Waals surface area contributed by atoms with Gasteiger partial charge < -0.3 is 10.3 Å². The van der Waals surface area contributed by atoms with Gasteiger partial charge in [0.2, 0.25) is 5.56 Å². The standard InChI is InChI=1S/C15H16N2O/c1-17-9-12(6-7-15(17)18)10-2-4-11(5-3-10)13-8-14(13)16/h2-7,9,13-14H,8,16H2,1H3. The van der Waals surface area contributed by atoms with E-state index in [1.54, 1.807) is 17.7 Å². The van der Waals surface area contributed by atoms with Crippen molar-refractivity contribution in [3.05, 3.63) is 58.5 Å². The molecule has 3 rings (SSSR count). The number of nitrogens with zero attached hydrogens (tertiary/aromatic N) is 1. The number of pyridine rings is 1. The van der Waals surface area contributed by atoms with Crippen LogP contribution >= 0.6 is 0 Å². The van der Waals surface area contributed by atoms with Gasteiger partial charge in [-0.3, -0.25) is 4.79 Å². The van der Waals surface area contributed by atoms with Crippen LogP contribution in [-0.2, 0) is 7.05 Å². The van der Waals surface area contributed by atoms with Gasteiger partial charge in [-0.05, 0) is 29.2 Å². The summed E-state index contributed by atoms with van der Waals surface area (Å²) in [5.41, 5.74) is 9.36. The van der Waals surface area contributed by atoms with E-state index in [0.29, 0.717) is 12.0 Å². The summed E-state index contributed by atoms with van der Waals surface area (Å²) in [6.45, 7) is 0. The molecule has 1 aliphatic carbocycles. The Morgan fingerprint density at radius 2 is 1.72 bits per heavy atom. The molecule has 1 saturated carbocycles. The Balaban J connectivity index is 1.92. The Morgan fingerprint density at radius 1 is 1.11 bits per heavy atom. The van der Waals surface area contributed by atoms with Gasteiger partial charge in [0.1, 0.15) is 0 Å². The maximum absolute atomic E-state index is 11.3. The van der Waals surface area contributed by atoms with Gasteiger partial charge in [-0.25, -0.2) is 0 Å². The Morgan fingerprint density at radius 3 is 2.28 bits per heavy atom. The van der Waals surface area contributed by atoms with Crippen LogP contribution in [0, 0.1) is 0 Å². The molecule has 1 heterocycles. The molecule has 92 valence electrons. The minimum Gasteiger partial charge on any atom is -0.327 e. The lowest BCUT2D eigenvalue weighted by Gasteiger charge is -2.05. The Kier molecular flexibility index (Phi) is 2.56. The van der Waals surface area contributed by atoms with Crippen LogP contribution in [0.3, 0.4) is 0 Å². The van der Waals surface area contributed by atoms with Gasteiger partial charge in [0.05, 0.1) is 0 Å². The number of hydrogen-bond donors (Lipinski definition) is 1. The summed E-state index contributed by atoms with van der Waals surface area (Å²) in [7, 11) is 1.77. The largest absolute Gasteiger partial charge is 0.327 e. The molecule has 0 amide bonds. The third-order valence-corrected chi connectivity index (χ3v) is 3.60. The van der Waals surface area contributed by atoms with Crippen molar-refractivity contribution in [2.45, 2.75) is 18.4 Å². The summed E-state index contributed by atoms with van der Waals surface area (Å²) in [5, 5.41) is 0. The normalized spacial score (nSPS) is 21.9. The lowest BCUT2D eigenvalue weighted by atomic mass is 10.0. The highest BCUT2D eigenvalue weighted by Crippen LogP contribution is 2.39. The summed E-state index contributed by atoms with van der Waals surface area (Å²) >= 11 is 0. The smallest absolute Gasteiger partial charge is 0.250 e. The van der Waals surface area contributed by atoms with Crippen molar-refractivity contribution in [2.24, 2.45) is 12.8 Å². The average Bonchev–Trinajstić information content (AvgIpc) is 3.10. The fourth-order valence-corrected chi connectivity index (χ4v) is 2.29. The van der Waals surface area contributed by atoms with Crippen molar-refractivity contribution < 1.29 is 0 Å². The summed E-state index contributed by atoms with van der Waals surface area (Å²) in [5.74, 6) is 0.541. The first kappa shape index (κ1) is 11.2. The van der Waals surface area contributed by atoms with E-state index < -0.39 is 0 Å². The van der Waals surface area contributed by atoms with Crippen molar-refractivity contribution in [3.63, 3.8) is 0 Å². The van der Waals surface area contributed by atoms with Crippen LogP contribution in [0.1, 0.15) is 17.9 Å². The summed E-state index contributed by atoms with van der Waals surface area (Å²) < 4.78 is 1.60. The molecule has 0 aliphatic heterocycles. The first-order valence-electron chi connectivity index (χ1n) is 6.18.